The standard InChI is InChI=1S/C15H15BrFNO/c1-2-18-10-11-8-12(16)6-7-15(11)19-14-5-3-4-13(17)9-14/h3-9,18H,2,10H2,1H3. The summed E-state index contributed by atoms with van der Waals surface area (Å²) in [5.74, 6) is 0.928. The van der Waals surface area contributed by atoms with Crippen LogP contribution in [0.5, 0.6) is 11.5 Å². The molecule has 19 heavy (non-hydrogen) atoms. The molecular weight excluding hydrogens is 309 g/mol. The zero-order chi connectivity index (χ0) is 13.7. The Hall–Kier alpha value is -1.39. The normalized spacial score (nSPS) is 10.5. The fraction of sp³-hybridized carbons (Fsp3) is 0.200. The van der Waals surface area contributed by atoms with Crippen molar-refractivity contribution < 1.29 is 9.13 Å². The first-order chi connectivity index (χ1) is 9.19. The Kier molecular flexibility index (Phi) is 4.93. The third-order valence-corrected chi connectivity index (χ3v) is 3.11. The van der Waals surface area contributed by atoms with Crippen molar-refractivity contribution in [1.29, 1.82) is 0 Å². The third kappa shape index (κ3) is 4.04. The second kappa shape index (κ2) is 6.68. The zero-order valence-corrected chi connectivity index (χ0v) is 12.2. The van der Waals surface area contributed by atoms with Gasteiger partial charge in [-0.05, 0) is 36.9 Å². The van der Waals surface area contributed by atoms with Crippen LogP contribution >= 0.6 is 15.9 Å². The maximum atomic E-state index is 13.1. The maximum Gasteiger partial charge on any atom is 0.131 e. The lowest BCUT2D eigenvalue weighted by atomic mass is 10.2. The highest BCUT2D eigenvalue weighted by Gasteiger charge is 2.06. The number of benzene rings is 2. The summed E-state index contributed by atoms with van der Waals surface area (Å²) in [4.78, 5) is 0. The summed E-state index contributed by atoms with van der Waals surface area (Å²) < 4.78 is 19.9. The van der Waals surface area contributed by atoms with E-state index in [9.17, 15) is 4.39 Å². The number of hydrogen-bond acceptors (Lipinski definition) is 2. The topological polar surface area (TPSA) is 21.3 Å². The van der Waals surface area contributed by atoms with E-state index in [4.69, 9.17) is 4.74 Å². The number of hydrogen-bond donors (Lipinski definition) is 1. The summed E-state index contributed by atoms with van der Waals surface area (Å²) in [5.41, 5.74) is 1.03. The van der Waals surface area contributed by atoms with Crippen LogP contribution in [0, 0.1) is 5.82 Å². The van der Waals surface area contributed by atoms with Gasteiger partial charge in [-0.1, -0.05) is 28.9 Å². The van der Waals surface area contributed by atoms with Crippen LogP contribution in [-0.4, -0.2) is 6.54 Å². The van der Waals surface area contributed by atoms with E-state index in [0.717, 1.165) is 22.3 Å². The average Bonchev–Trinajstić information content (AvgIpc) is 2.39. The van der Waals surface area contributed by atoms with Crippen molar-refractivity contribution in [3.8, 4) is 11.5 Å². The Morgan fingerprint density at radius 2 is 2.05 bits per heavy atom. The van der Waals surface area contributed by atoms with E-state index in [1.54, 1.807) is 12.1 Å². The third-order valence-electron chi connectivity index (χ3n) is 2.61. The van der Waals surface area contributed by atoms with Gasteiger partial charge in [0.25, 0.3) is 0 Å². The quantitative estimate of drug-likeness (QED) is 0.875. The minimum atomic E-state index is -0.303. The molecule has 0 heterocycles. The molecule has 0 aliphatic carbocycles. The second-order valence-corrected chi connectivity index (χ2v) is 5.01. The van der Waals surface area contributed by atoms with Crippen LogP contribution in [0.1, 0.15) is 12.5 Å². The van der Waals surface area contributed by atoms with E-state index in [0.29, 0.717) is 12.3 Å². The Morgan fingerprint density at radius 3 is 2.79 bits per heavy atom. The number of nitrogens with one attached hydrogen (secondary N) is 1. The van der Waals surface area contributed by atoms with Gasteiger partial charge in [-0.25, -0.2) is 4.39 Å². The average molecular weight is 324 g/mol. The van der Waals surface area contributed by atoms with Crippen LogP contribution in [0.2, 0.25) is 0 Å². The van der Waals surface area contributed by atoms with Crippen molar-refractivity contribution >= 4 is 15.9 Å². The first-order valence-corrected chi connectivity index (χ1v) is 6.91. The van der Waals surface area contributed by atoms with E-state index in [1.165, 1.54) is 12.1 Å². The van der Waals surface area contributed by atoms with Gasteiger partial charge in [-0.15, -0.1) is 0 Å². The fourth-order valence-corrected chi connectivity index (χ4v) is 2.11. The summed E-state index contributed by atoms with van der Waals surface area (Å²) >= 11 is 3.44. The molecule has 0 unspecified atom stereocenters. The van der Waals surface area contributed by atoms with Crippen molar-refractivity contribution in [2.75, 3.05) is 6.54 Å². The Labute approximate surface area is 120 Å². The largest absolute Gasteiger partial charge is 0.457 e. The molecule has 0 fully saturated rings. The van der Waals surface area contributed by atoms with Crippen LogP contribution in [-0.2, 0) is 6.54 Å². The zero-order valence-electron chi connectivity index (χ0n) is 10.6. The lowest BCUT2D eigenvalue weighted by molar-refractivity contribution is 0.468. The molecule has 0 atom stereocenters. The van der Waals surface area contributed by atoms with Crippen molar-refractivity contribution in [3.05, 3.63) is 58.3 Å². The lowest BCUT2D eigenvalue weighted by Gasteiger charge is -2.12. The van der Waals surface area contributed by atoms with Gasteiger partial charge >= 0.3 is 0 Å². The van der Waals surface area contributed by atoms with Gasteiger partial charge in [0.15, 0.2) is 0 Å². The van der Waals surface area contributed by atoms with Gasteiger partial charge in [0.2, 0.25) is 0 Å². The van der Waals surface area contributed by atoms with E-state index in [2.05, 4.69) is 21.2 Å². The van der Waals surface area contributed by atoms with Crippen LogP contribution < -0.4 is 10.1 Å². The monoisotopic (exact) mass is 323 g/mol. The highest BCUT2D eigenvalue weighted by atomic mass is 79.9. The van der Waals surface area contributed by atoms with Crippen LogP contribution in [0.15, 0.2) is 46.9 Å². The SMILES string of the molecule is CCNCc1cc(Br)ccc1Oc1cccc(F)c1. The first-order valence-electron chi connectivity index (χ1n) is 6.11. The number of ether oxygens (including phenoxy) is 1. The minimum absolute atomic E-state index is 0.303. The van der Waals surface area contributed by atoms with E-state index in [-0.39, 0.29) is 5.82 Å². The summed E-state index contributed by atoms with van der Waals surface area (Å²) in [6, 6.07) is 11.9. The first kappa shape index (κ1) is 14.0. The lowest BCUT2D eigenvalue weighted by Crippen LogP contribution is -2.12. The van der Waals surface area contributed by atoms with Gasteiger partial charge in [0.05, 0.1) is 0 Å². The molecule has 2 aromatic carbocycles. The molecular formula is C15H15BrFNO. The molecule has 1 N–H and O–H groups in total. The summed E-state index contributed by atoms with van der Waals surface area (Å²) in [6.07, 6.45) is 0. The minimum Gasteiger partial charge on any atom is -0.457 e. The molecule has 0 aliphatic rings. The maximum absolute atomic E-state index is 13.1. The van der Waals surface area contributed by atoms with Crippen molar-refractivity contribution in [1.82, 2.24) is 5.32 Å². The van der Waals surface area contributed by atoms with Gasteiger partial charge < -0.3 is 10.1 Å². The van der Waals surface area contributed by atoms with Crippen LogP contribution in [0.3, 0.4) is 0 Å². The van der Waals surface area contributed by atoms with E-state index in [1.807, 2.05) is 25.1 Å². The summed E-state index contributed by atoms with van der Waals surface area (Å²) in [7, 11) is 0. The molecule has 2 rings (SSSR count). The van der Waals surface area contributed by atoms with E-state index < -0.39 is 0 Å². The van der Waals surface area contributed by atoms with Gasteiger partial charge in [0, 0.05) is 22.6 Å². The molecule has 2 nitrogen and oxygen atoms in total. The molecule has 0 amide bonds. The Morgan fingerprint density at radius 1 is 1.21 bits per heavy atom. The molecule has 2 aromatic rings. The van der Waals surface area contributed by atoms with Crippen molar-refractivity contribution in [3.63, 3.8) is 0 Å². The molecule has 0 saturated carbocycles. The second-order valence-electron chi connectivity index (χ2n) is 4.09. The van der Waals surface area contributed by atoms with Crippen LogP contribution in [0.4, 0.5) is 4.39 Å². The molecule has 100 valence electrons. The van der Waals surface area contributed by atoms with Gasteiger partial charge in [-0.3, -0.25) is 0 Å². The summed E-state index contributed by atoms with van der Waals surface area (Å²) in [6.45, 7) is 3.64. The van der Waals surface area contributed by atoms with Crippen molar-refractivity contribution in [2.24, 2.45) is 0 Å². The molecule has 0 aromatic heterocycles. The highest BCUT2D eigenvalue weighted by molar-refractivity contribution is 9.10. The van der Waals surface area contributed by atoms with Gasteiger partial charge in [0.1, 0.15) is 17.3 Å². The predicted octanol–water partition coefficient (Wildman–Crippen LogP) is 4.49. The number of rotatable bonds is 5. The fourth-order valence-electron chi connectivity index (χ4n) is 1.70. The molecule has 4 heteroatoms. The van der Waals surface area contributed by atoms with E-state index >= 15 is 0 Å². The van der Waals surface area contributed by atoms with Crippen LogP contribution in [0.25, 0.3) is 0 Å². The summed E-state index contributed by atoms with van der Waals surface area (Å²) in [5, 5.41) is 3.25. The highest BCUT2D eigenvalue weighted by Crippen LogP contribution is 2.28. The smallest absolute Gasteiger partial charge is 0.131 e. The molecule has 0 bridgehead atoms. The molecule has 0 saturated heterocycles. The Bertz CT molecular complexity index is 560. The van der Waals surface area contributed by atoms with Crippen molar-refractivity contribution in [2.45, 2.75) is 13.5 Å². The predicted molar refractivity (Wildman–Crippen MR) is 78.0 cm³/mol. The molecule has 0 aliphatic heterocycles. The molecule has 0 radical (unpaired) electrons. The molecule has 0 spiro atoms. The Balaban J connectivity index is 2.23. The van der Waals surface area contributed by atoms with Gasteiger partial charge in [-0.2, -0.15) is 0 Å². The number of halogens is 2.